The average Bonchev–Trinajstić information content (AvgIpc) is 3.11. The van der Waals surface area contributed by atoms with Crippen LogP contribution in [-0.4, -0.2) is 22.6 Å². The Labute approximate surface area is 130 Å². The van der Waals surface area contributed by atoms with Crippen LogP contribution in [0.15, 0.2) is 28.8 Å². The molecule has 3 rings (SSSR count). The fraction of sp³-hybridized carbons (Fsp3) is 0.412. The zero-order valence-corrected chi connectivity index (χ0v) is 13.2. The molecule has 0 spiro atoms. The number of urea groups is 1. The van der Waals surface area contributed by atoms with Gasteiger partial charge in [-0.3, -0.25) is 0 Å². The standard InChI is InChI=1S/C17H21N3O2/c1-11-6-7-14(9-12(11)2)18-17(21)20-8-4-5-15(20)16-10-13(3)19-22-16/h6-7,9-10,15H,4-5,8H2,1-3H3,(H,18,21)/t15-/m1/s1. The van der Waals surface area contributed by atoms with E-state index < -0.39 is 0 Å². The van der Waals surface area contributed by atoms with Crippen LogP contribution in [0, 0.1) is 20.8 Å². The topological polar surface area (TPSA) is 58.4 Å². The molecule has 22 heavy (non-hydrogen) atoms. The molecule has 2 amide bonds. The van der Waals surface area contributed by atoms with E-state index in [1.54, 1.807) is 0 Å². The highest BCUT2D eigenvalue weighted by atomic mass is 16.5. The van der Waals surface area contributed by atoms with Crippen molar-refractivity contribution in [1.29, 1.82) is 0 Å². The number of benzene rings is 1. The number of likely N-dealkylation sites (tertiary alicyclic amines) is 1. The number of aromatic nitrogens is 1. The molecular formula is C17H21N3O2. The lowest BCUT2D eigenvalue weighted by Gasteiger charge is -2.23. The number of carbonyl (C=O) groups excluding carboxylic acids is 1. The number of rotatable bonds is 2. The van der Waals surface area contributed by atoms with Gasteiger partial charge in [-0.1, -0.05) is 11.2 Å². The third-order valence-corrected chi connectivity index (χ3v) is 4.25. The molecule has 5 nitrogen and oxygen atoms in total. The third kappa shape index (κ3) is 2.84. The van der Waals surface area contributed by atoms with Gasteiger partial charge in [-0.15, -0.1) is 0 Å². The summed E-state index contributed by atoms with van der Waals surface area (Å²) in [4.78, 5) is 14.4. The van der Waals surface area contributed by atoms with Crippen LogP contribution in [-0.2, 0) is 0 Å². The van der Waals surface area contributed by atoms with Crippen molar-refractivity contribution in [2.45, 2.75) is 39.7 Å². The Morgan fingerprint density at radius 3 is 2.77 bits per heavy atom. The maximum absolute atomic E-state index is 12.6. The summed E-state index contributed by atoms with van der Waals surface area (Å²) in [5.74, 6) is 0.769. The molecule has 1 atom stereocenters. The van der Waals surface area contributed by atoms with E-state index in [9.17, 15) is 4.79 Å². The highest BCUT2D eigenvalue weighted by molar-refractivity contribution is 5.89. The highest BCUT2D eigenvalue weighted by Gasteiger charge is 2.32. The molecule has 1 aliphatic heterocycles. The first-order chi connectivity index (χ1) is 10.5. The number of nitrogens with one attached hydrogen (secondary N) is 1. The van der Waals surface area contributed by atoms with Crippen LogP contribution in [0.25, 0.3) is 0 Å². The number of anilines is 1. The van der Waals surface area contributed by atoms with Crippen molar-refractivity contribution in [1.82, 2.24) is 10.1 Å². The molecule has 1 aromatic carbocycles. The van der Waals surface area contributed by atoms with Crippen molar-refractivity contribution < 1.29 is 9.32 Å². The van der Waals surface area contributed by atoms with Crippen molar-refractivity contribution >= 4 is 11.7 Å². The molecule has 0 radical (unpaired) electrons. The van der Waals surface area contributed by atoms with Crippen molar-refractivity contribution in [3.63, 3.8) is 0 Å². The van der Waals surface area contributed by atoms with Gasteiger partial charge in [-0.25, -0.2) is 4.79 Å². The molecule has 1 aromatic heterocycles. The molecule has 2 aromatic rings. The fourth-order valence-electron chi connectivity index (χ4n) is 2.86. The molecule has 0 unspecified atom stereocenters. The SMILES string of the molecule is Cc1cc([C@H]2CCCN2C(=O)Nc2ccc(C)c(C)c2)on1. The largest absolute Gasteiger partial charge is 0.359 e. The maximum Gasteiger partial charge on any atom is 0.322 e. The monoisotopic (exact) mass is 299 g/mol. The third-order valence-electron chi connectivity index (χ3n) is 4.25. The van der Waals surface area contributed by atoms with Crippen LogP contribution in [0.4, 0.5) is 10.5 Å². The lowest BCUT2D eigenvalue weighted by atomic mass is 10.1. The zero-order chi connectivity index (χ0) is 15.7. The fourth-order valence-corrected chi connectivity index (χ4v) is 2.86. The second kappa shape index (κ2) is 5.83. The molecule has 0 saturated carbocycles. The summed E-state index contributed by atoms with van der Waals surface area (Å²) in [6, 6.07) is 7.76. The summed E-state index contributed by atoms with van der Waals surface area (Å²) in [6.45, 7) is 6.73. The quantitative estimate of drug-likeness (QED) is 0.912. The predicted molar refractivity (Wildman–Crippen MR) is 84.9 cm³/mol. The molecule has 5 heteroatoms. The second-order valence-corrected chi connectivity index (χ2v) is 5.95. The lowest BCUT2D eigenvalue weighted by molar-refractivity contribution is 0.195. The van der Waals surface area contributed by atoms with E-state index in [-0.39, 0.29) is 12.1 Å². The molecule has 2 heterocycles. The predicted octanol–water partition coefficient (Wildman–Crippen LogP) is 3.97. The van der Waals surface area contributed by atoms with Gasteiger partial charge in [0.25, 0.3) is 0 Å². The van der Waals surface area contributed by atoms with Crippen LogP contribution in [0.3, 0.4) is 0 Å². The van der Waals surface area contributed by atoms with Gasteiger partial charge in [0.05, 0.1) is 11.7 Å². The van der Waals surface area contributed by atoms with Crippen LogP contribution in [0.2, 0.25) is 0 Å². The van der Waals surface area contributed by atoms with E-state index in [1.165, 1.54) is 11.1 Å². The molecule has 1 aliphatic rings. The molecule has 1 saturated heterocycles. The molecular weight excluding hydrogens is 278 g/mol. The van der Waals surface area contributed by atoms with Gasteiger partial charge in [-0.05, 0) is 56.9 Å². The van der Waals surface area contributed by atoms with Gasteiger partial charge in [-0.2, -0.15) is 0 Å². The first kappa shape index (κ1) is 14.6. The molecule has 116 valence electrons. The van der Waals surface area contributed by atoms with Gasteiger partial charge in [0.1, 0.15) is 0 Å². The smallest absolute Gasteiger partial charge is 0.322 e. The Balaban J connectivity index is 1.74. The van der Waals surface area contributed by atoms with Crippen molar-refractivity contribution in [3.05, 3.63) is 46.8 Å². The number of nitrogens with zero attached hydrogens (tertiary/aromatic N) is 2. The normalized spacial score (nSPS) is 17.8. The van der Waals surface area contributed by atoms with Gasteiger partial charge in [0, 0.05) is 18.3 Å². The Hall–Kier alpha value is -2.30. The second-order valence-electron chi connectivity index (χ2n) is 5.95. The first-order valence-corrected chi connectivity index (χ1v) is 7.62. The van der Waals surface area contributed by atoms with Gasteiger partial charge in [0.15, 0.2) is 5.76 Å². The Bertz CT molecular complexity index is 693. The van der Waals surface area contributed by atoms with Gasteiger partial charge < -0.3 is 14.7 Å². The van der Waals surface area contributed by atoms with E-state index in [4.69, 9.17) is 4.52 Å². The zero-order valence-electron chi connectivity index (χ0n) is 13.2. The minimum atomic E-state index is -0.0835. The Morgan fingerprint density at radius 1 is 1.27 bits per heavy atom. The lowest BCUT2D eigenvalue weighted by Crippen LogP contribution is -2.34. The average molecular weight is 299 g/mol. The minimum Gasteiger partial charge on any atom is -0.359 e. The summed E-state index contributed by atoms with van der Waals surface area (Å²) in [6.07, 6.45) is 1.89. The Morgan fingerprint density at radius 2 is 2.09 bits per heavy atom. The summed E-state index contributed by atoms with van der Waals surface area (Å²) >= 11 is 0. The summed E-state index contributed by atoms with van der Waals surface area (Å²) in [5.41, 5.74) is 4.06. The molecule has 0 bridgehead atoms. The van der Waals surface area contributed by atoms with E-state index >= 15 is 0 Å². The number of hydrogen-bond acceptors (Lipinski definition) is 3. The van der Waals surface area contributed by atoms with Crippen LogP contribution in [0.1, 0.15) is 41.5 Å². The maximum atomic E-state index is 12.6. The van der Waals surface area contributed by atoms with Crippen LogP contribution >= 0.6 is 0 Å². The number of amides is 2. The number of aryl methyl sites for hydroxylation is 3. The van der Waals surface area contributed by atoms with Gasteiger partial charge in [0.2, 0.25) is 0 Å². The first-order valence-electron chi connectivity index (χ1n) is 7.62. The Kier molecular flexibility index (Phi) is 3.88. The van der Waals surface area contributed by atoms with E-state index in [0.29, 0.717) is 0 Å². The van der Waals surface area contributed by atoms with E-state index in [0.717, 1.165) is 36.5 Å². The number of carbonyl (C=O) groups is 1. The highest BCUT2D eigenvalue weighted by Crippen LogP contribution is 2.32. The van der Waals surface area contributed by atoms with E-state index in [1.807, 2.05) is 43.0 Å². The van der Waals surface area contributed by atoms with Crippen LogP contribution < -0.4 is 5.32 Å². The molecule has 0 aliphatic carbocycles. The van der Waals surface area contributed by atoms with E-state index in [2.05, 4.69) is 17.4 Å². The van der Waals surface area contributed by atoms with Gasteiger partial charge >= 0.3 is 6.03 Å². The summed E-state index contributed by atoms with van der Waals surface area (Å²) in [7, 11) is 0. The summed E-state index contributed by atoms with van der Waals surface area (Å²) in [5, 5.41) is 6.91. The summed E-state index contributed by atoms with van der Waals surface area (Å²) < 4.78 is 5.34. The molecule has 1 N–H and O–H groups in total. The van der Waals surface area contributed by atoms with Crippen molar-refractivity contribution in [2.75, 3.05) is 11.9 Å². The van der Waals surface area contributed by atoms with Crippen molar-refractivity contribution in [3.8, 4) is 0 Å². The number of hydrogen-bond donors (Lipinski definition) is 1. The van der Waals surface area contributed by atoms with Crippen LogP contribution in [0.5, 0.6) is 0 Å². The minimum absolute atomic E-state index is 0.0206. The van der Waals surface area contributed by atoms with Crippen molar-refractivity contribution in [2.24, 2.45) is 0 Å². The molecule has 1 fully saturated rings.